The number of sulfonamides is 1. The van der Waals surface area contributed by atoms with Gasteiger partial charge in [-0.3, -0.25) is 4.79 Å². The molecule has 0 bridgehead atoms. The first-order valence-electron chi connectivity index (χ1n) is 8.49. The number of amides is 1. The Hall–Kier alpha value is -1.96. The van der Waals surface area contributed by atoms with Crippen LogP contribution in [0, 0.1) is 0 Å². The van der Waals surface area contributed by atoms with E-state index in [-0.39, 0.29) is 17.3 Å². The fourth-order valence-corrected chi connectivity index (χ4v) is 3.93. The maximum absolute atomic E-state index is 12.7. The summed E-state index contributed by atoms with van der Waals surface area (Å²) in [6, 6.07) is 16.2. The lowest BCUT2D eigenvalue weighted by Crippen LogP contribution is -2.42. The third-order valence-corrected chi connectivity index (χ3v) is 6.44. The molecule has 27 heavy (non-hydrogen) atoms. The summed E-state index contributed by atoms with van der Waals surface area (Å²) in [6.45, 7) is 4.34. The van der Waals surface area contributed by atoms with Crippen molar-refractivity contribution >= 4 is 31.9 Å². The summed E-state index contributed by atoms with van der Waals surface area (Å²) in [7, 11) is -2.31. The molecule has 1 amide bonds. The van der Waals surface area contributed by atoms with Crippen LogP contribution in [-0.4, -0.2) is 50.2 Å². The summed E-state index contributed by atoms with van der Waals surface area (Å²) in [5.41, 5.74) is 1.12. The van der Waals surface area contributed by atoms with Gasteiger partial charge in [-0.05, 0) is 36.2 Å². The summed E-state index contributed by atoms with van der Waals surface area (Å²) in [6.07, 6.45) is 2.34. The molecule has 2 aromatic rings. The highest BCUT2D eigenvalue weighted by molar-refractivity contribution is 9.10. The van der Waals surface area contributed by atoms with Crippen LogP contribution in [0.1, 0.15) is 5.56 Å². The van der Waals surface area contributed by atoms with Gasteiger partial charge in [0.2, 0.25) is 15.9 Å². The molecule has 2 aromatic carbocycles. The molecule has 144 valence electrons. The van der Waals surface area contributed by atoms with Gasteiger partial charge in [-0.15, -0.1) is 6.58 Å². The van der Waals surface area contributed by atoms with Crippen LogP contribution in [0.4, 0.5) is 0 Å². The van der Waals surface area contributed by atoms with Crippen LogP contribution in [0.3, 0.4) is 0 Å². The van der Waals surface area contributed by atoms with Gasteiger partial charge in [0.15, 0.2) is 0 Å². The molecule has 0 N–H and O–H groups in total. The van der Waals surface area contributed by atoms with Crippen molar-refractivity contribution < 1.29 is 13.2 Å². The van der Waals surface area contributed by atoms with E-state index < -0.39 is 10.0 Å². The summed E-state index contributed by atoms with van der Waals surface area (Å²) >= 11 is 3.28. The monoisotopic (exact) mass is 450 g/mol. The molecule has 0 saturated heterocycles. The van der Waals surface area contributed by atoms with E-state index >= 15 is 0 Å². The standard InChI is InChI=1S/C20H23BrN2O3S/c1-3-14-23(15-13-17-7-5-4-6-8-17)20(24)16-22(2)27(25,26)19-11-9-18(21)10-12-19/h3-12H,1,13-16H2,2H3. The summed E-state index contributed by atoms with van der Waals surface area (Å²) in [5.74, 6) is -0.256. The largest absolute Gasteiger partial charge is 0.338 e. The van der Waals surface area contributed by atoms with Crippen molar-refractivity contribution in [3.63, 3.8) is 0 Å². The smallest absolute Gasteiger partial charge is 0.243 e. The maximum atomic E-state index is 12.7. The molecule has 0 aliphatic rings. The van der Waals surface area contributed by atoms with Crippen LogP contribution >= 0.6 is 15.9 Å². The van der Waals surface area contributed by atoms with Gasteiger partial charge in [0.1, 0.15) is 0 Å². The van der Waals surface area contributed by atoms with Gasteiger partial charge in [-0.2, -0.15) is 4.31 Å². The average Bonchev–Trinajstić information content (AvgIpc) is 2.66. The molecule has 0 atom stereocenters. The molecule has 0 radical (unpaired) electrons. The Labute approximate surface area is 169 Å². The van der Waals surface area contributed by atoms with E-state index in [9.17, 15) is 13.2 Å². The second kappa shape index (κ2) is 9.82. The van der Waals surface area contributed by atoms with Gasteiger partial charge < -0.3 is 4.90 Å². The van der Waals surface area contributed by atoms with E-state index in [4.69, 9.17) is 0 Å². The number of rotatable bonds is 9. The number of nitrogens with zero attached hydrogens (tertiary/aromatic N) is 2. The first-order chi connectivity index (χ1) is 12.8. The minimum atomic E-state index is -3.73. The molecular formula is C20H23BrN2O3S. The van der Waals surface area contributed by atoms with Crippen LogP contribution in [0.15, 0.2) is 76.6 Å². The van der Waals surface area contributed by atoms with E-state index in [0.717, 1.165) is 14.3 Å². The minimum absolute atomic E-state index is 0.153. The zero-order chi connectivity index (χ0) is 19.9. The highest BCUT2D eigenvalue weighted by atomic mass is 79.9. The van der Waals surface area contributed by atoms with Crippen LogP contribution < -0.4 is 0 Å². The van der Waals surface area contributed by atoms with Crippen molar-refractivity contribution in [1.82, 2.24) is 9.21 Å². The molecule has 2 rings (SSSR count). The van der Waals surface area contributed by atoms with Gasteiger partial charge in [0.05, 0.1) is 11.4 Å². The van der Waals surface area contributed by atoms with Crippen molar-refractivity contribution in [2.75, 3.05) is 26.7 Å². The van der Waals surface area contributed by atoms with Gasteiger partial charge in [0, 0.05) is 24.6 Å². The minimum Gasteiger partial charge on any atom is -0.338 e. The Morgan fingerprint density at radius 1 is 1.11 bits per heavy atom. The lowest BCUT2D eigenvalue weighted by atomic mass is 10.1. The normalized spacial score (nSPS) is 11.4. The zero-order valence-corrected chi connectivity index (χ0v) is 17.6. The Morgan fingerprint density at radius 3 is 2.33 bits per heavy atom. The van der Waals surface area contributed by atoms with Gasteiger partial charge in [0.25, 0.3) is 0 Å². The third kappa shape index (κ3) is 6.02. The number of hydrogen-bond donors (Lipinski definition) is 0. The number of likely N-dealkylation sites (N-methyl/N-ethyl adjacent to an activating group) is 1. The second-order valence-corrected chi connectivity index (χ2v) is 9.04. The molecule has 0 aliphatic carbocycles. The molecule has 0 heterocycles. The SMILES string of the molecule is C=CCN(CCc1ccccc1)C(=O)CN(C)S(=O)(=O)c1ccc(Br)cc1. The molecule has 0 aliphatic heterocycles. The quantitative estimate of drug-likeness (QED) is 0.550. The van der Waals surface area contributed by atoms with Crippen LogP contribution in [0.5, 0.6) is 0 Å². The Bertz CT molecular complexity index is 868. The second-order valence-electron chi connectivity index (χ2n) is 6.08. The topological polar surface area (TPSA) is 57.7 Å². The number of carbonyl (C=O) groups excluding carboxylic acids is 1. The van der Waals surface area contributed by atoms with E-state index in [2.05, 4.69) is 22.5 Å². The van der Waals surface area contributed by atoms with Crippen molar-refractivity contribution in [2.45, 2.75) is 11.3 Å². The average molecular weight is 451 g/mol. The van der Waals surface area contributed by atoms with E-state index in [1.807, 2.05) is 30.3 Å². The molecule has 0 unspecified atom stereocenters. The van der Waals surface area contributed by atoms with Crippen LogP contribution in [0.25, 0.3) is 0 Å². The van der Waals surface area contributed by atoms with Crippen molar-refractivity contribution in [3.8, 4) is 0 Å². The lowest BCUT2D eigenvalue weighted by Gasteiger charge is -2.24. The predicted molar refractivity (Wildman–Crippen MR) is 111 cm³/mol. The highest BCUT2D eigenvalue weighted by Crippen LogP contribution is 2.18. The Kier molecular flexibility index (Phi) is 7.77. The van der Waals surface area contributed by atoms with E-state index in [1.165, 1.54) is 19.2 Å². The number of hydrogen-bond acceptors (Lipinski definition) is 3. The molecule has 0 saturated carbocycles. The van der Waals surface area contributed by atoms with E-state index in [1.54, 1.807) is 23.1 Å². The highest BCUT2D eigenvalue weighted by Gasteiger charge is 2.24. The van der Waals surface area contributed by atoms with Gasteiger partial charge >= 0.3 is 0 Å². The molecular weight excluding hydrogens is 428 g/mol. The third-order valence-electron chi connectivity index (χ3n) is 4.10. The number of halogens is 1. The van der Waals surface area contributed by atoms with Gasteiger partial charge in [-0.25, -0.2) is 8.42 Å². The molecule has 0 spiro atoms. The molecule has 0 fully saturated rings. The van der Waals surface area contributed by atoms with Gasteiger partial charge in [-0.1, -0.05) is 52.3 Å². The predicted octanol–water partition coefficient (Wildman–Crippen LogP) is 3.33. The van der Waals surface area contributed by atoms with Crippen molar-refractivity contribution in [2.24, 2.45) is 0 Å². The summed E-state index contributed by atoms with van der Waals surface area (Å²) < 4.78 is 27.2. The molecule has 0 aromatic heterocycles. The number of benzene rings is 2. The van der Waals surface area contributed by atoms with Crippen LogP contribution in [-0.2, 0) is 21.2 Å². The van der Waals surface area contributed by atoms with E-state index in [0.29, 0.717) is 19.5 Å². The van der Waals surface area contributed by atoms with Crippen LogP contribution in [0.2, 0.25) is 0 Å². The summed E-state index contributed by atoms with van der Waals surface area (Å²) in [5, 5.41) is 0. The molecule has 5 nitrogen and oxygen atoms in total. The first-order valence-corrected chi connectivity index (χ1v) is 10.7. The van der Waals surface area contributed by atoms with Crippen molar-refractivity contribution in [3.05, 3.63) is 77.3 Å². The first kappa shape index (κ1) is 21.3. The fourth-order valence-electron chi connectivity index (χ4n) is 2.54. The summed E-state index contributed by atoms with van der Waals surface area (Å²) in [4.78, 5) is 14.4. The lowest BCUT2D eigenvalue weighted by molar-refractivity contribution is -0.130. The Balaban J connectivity index is 2.04. The molecule has 7 heteroatoms. The fraction of sp³-hybridized carbons (Fsp3) is 0.250. The maximum Gasteiger partial charge on any atom is 0.243 e. The number of carbonyl (C=O) groups is 1. The van der Waals surface area contributed by atoms with Crippen molar-refractivity contribution in [1.29, 1.82) is 0 Å². The zero-order valence-electron chi connectivity index (χ0n) is 15.2. The Morgan fingerprint density at radius 2 is 1.74 bits per heavy atom.